The maximum absolute atomic E-state index is 6.02. The van der Waals surface area contributed by atoms with Gasteiger partial charge in [0, 0.05) is 36.0 Å². The summed E-state index contributed by atoms with van der Waals surface area (Å²) in [7, 11) is 1.81. The first kappa shape index (κ1) is 28.3. The number of hydrogen-bond acceptors (Lipinski definition) is 12. The molecule has 0 aliphatic heterocycles. The zero-order valence-electron chi connectivity index (χ0n) is 24.9. The zero-order valence-corrected chi connectivity index (χ0v) is 24.9. The average Bonchev–Trinajstić information content (AvgIpc) is 3.85. The second-order valence-electron chi connectivity index (χ2n) is 10.4. The van der Waals surface area contributed by atoms with Gasteiger partial charge in [-0.3, -0.25) is 9.78 Å². The lowest BCUT2D eigenvalue weighted by Gasteiger charge is -2.10. The molecule has 0 aliphatic rings. The third-order valence-corrected chi connectivity index (χ3v) is 6.71. The number of ether oxygens (including phenoxy) is 3. The molecule has 1 N–H and O–H groups in total. The molecule has 46 heavy (non-hydrogen) atoms. The van der Waals surface area contributed by atoms with Crippen LogP contribution in [0.3, 0.4) is 0 Å². The molecule has 228 valence electrons. The van der Waals surface area contributed by atoms with Crippen LogP contribution in [0.25, 0.3) is 33.8 Å². The van der Waals surface area contributed by atoms with Crippen molar-refractivity contribution in [1.82, 2.24) is 60.4 Å². The van der Waals surface area contributed by atoms with E-state index in [1.165, 1.54) is 0 Å². The van der Waals surface area contributed by atoms with Crippen molar-refractivity contribution < 1.29 is 14.2 Å². The van der Waals surface area contributed by atoms with E-state index in [9.17, 15) is 0 Å². The minimum absolute atomic E-state index is 0.0195. The summed E-state index contributed by atoms with van der Waals surface area (Å²) in [5.41, 5.74) is 4.84. The quantitative estimate of drug-likeness (QED) is 0.201. The van der Waals surface area contributed by atoms with Crippen molar-refractivity contribution in [3.8, 4) is 69.1 Å². The molecule has 0 unspecified atom stereocenters. The molecule has 0 fully saturated rings. The lowest BCUT2D eigenvalue weighted by molar-refractivity contribution is 0.362. The Morgan fingerprint density at radius 2 is 1.02 bits per heavy atom. The van der Waals surface area contributed by atoms with E-state index in [0.29, 0.717) is 22.9 Å². The lowest BCUT2D eigenvalue weighted by atomic mass is 10.1. The van der Waals surface area contributed by atoms with Gasteiger partial charge in [-0.05, 0) is 86.6 Å². The summed E-state index contributed by atoms with van der Waals surface area (Å²) < 4.78 is 21.4. The first-order chi connectivity index (χ1) is 22.4. The van der Waals surface area contributed by atoms with Crippen molar-refractivity contribution in [2.24, 2.45) is 7.05 Å². The van der Waals surface area contributed by atoms with Gasteiger partial charge in [-0.25, -0.2) is 4.68 Å². The van der Waals surface area contributed by atoms with Crippen LogP contribution in [0.4, 0.5) is 0 Å². The van der Waals surface area contributed by atoms with Crippen molar-refractivity contribution in [1.29, 1.82) is 0 Å². The third-order valence-electron chi connectivity index (χ3n) is 6.71. The number of aromatic amines is 1. The van der Waals surface area contributed by atoms with Crippen LogP contribution in [0.2, 0.25) is 0 Å². The summed E-state index contributed by atoms with van der Waals surface area (Å²) in [5.74, 6) is 1.47. The van der Waals surface area contributed by atoms with Gasteiger partial charge in [0.25, 0.3) is 0 Å². The van der Waals surface area contributed by atoms with Gasteiger partial charge in [0.2, 0.25) is 0 Å². The second-order valence-corrected chi connectivity index (χ2v) is 10.4. The fraction of sp³-hybridized carbons (Fsp3) is 0.129. The normalized spacial score (nSPS) is 11.1. The van der Waals surface area contributed by atoms with Crippen LogP contribution in [0, 0.1) is 0 Å². The van der Waals surface area contributed by atoms with E-state index >= 15 is 0 Å². The Bertz CT molecular complexity index is 2050. The predicted molar refractivity (Wildman–Crippen MR) is 164 cm³/mol. The molecule has 0 amide bonds. The van der Waals surface area contributed by atoms with E-state index in [2.05, 4.69) is 51.0 Å². The summed E-state index contributed by atoms with van der Waals surface area (Å²) in [6.45, 7) is 4.09. The van der Waals surface area contributed by atoms with E-state index < -0.39 is 0 Å². The van der Waals surface area contributed by atoms with E-state index in [1.807, 2.05) is 69.7 Å². The summed E-state index contributed by atoms with van der Waals surface area (Å²) in [5, 5.41) is 27.0. The Morgan fingerprint density at radius 3 is 1.41 bits per heavy atom. The maximum Gasteiger partial charge on any atom is 0.331 e. The van der Waals surface area contributed by atoms with Gasteiger partial charge in [-0.2, -0.15) is 0 Å². The first-order valence-electron chi connectivity index (χ1n) is 14.2. The van der Waals surface area contributed by atoms with Crippen LogP contribution in [-0.4, -0.2) is 60.4 Å². The Balaban J connectivity index is 1.14. The van der Waals surface area contributed by atoms with Crippen molar-refractivity contribution in [3.05, 3.63) is 91.4 Å². The van der Waals surface area contributed by atoms with Crippen LogP contribution in [0.5, 0.6) is 35.3 Å². The summed E-state index contributed by atoms with van der Waals surface area (Å²) >= 11 is 0. The highest BCUT2D eigenvalue weighted by molar-refractivity contribution is 5.60. The van der Waals surface area contributed by atoms with E-state index in [-0.39, 0.29) is 24.1 Å². The Hall–Kier alpha value is -6.51. The molecular weight excluding hydrogens is 588 g/mol. The Kier molecular flexibility index (Phi) is 7.52. The lowest BCUT2D eigenvalue weighted by Crippen LogP contribution is -2.01. The van der Waals surface area contributed by atoms with Crippen LogP contribution in [0.1, 0.15) is 19.9 Å². The summed E-state index contributed by atoms with van der Waals surface area (Å²) in [4.78, 5) is 13.1. The van der Waals surface area contributed by atoms with Crippen LogP contribution < -0.4 is 14.2 Å². The molecule has 0 saturated heterocycles. The third kappa shape index (κ3) is 6.37. The highest BCUT2D eigenvalue weighted by atomic mass is 16.5. The highest BCUT2D eigenvalue weighted by Crippen LogP contribution is 2.30. The van der Waals surface area contributed by atoms with Gasteiger partial charge in [-0.1, -0.05) is 15.6 Å². The number of benzene rings is 3. The van der Waals surface area contributed by atoms with Gasteiger partial charge in [0.15, 0.2) is 0 Å². The molecule has 0 bridgehead atoms. The van der Waals surface area contributed by atoms with Crippen molar-refractivity contribution in [2.75, 3.05) is 0 Å². The van der Waals surface area contributed by atoms with E-state index in [4.69, 9.17) is 14.2 Å². The molecule has 15 heteroatoms. The molecule has 0 atom stereocenters. The van der Waals surface area contributed by atoms with Crippen LogP contribution >= 0.6 is 0 Å². The molecule has 0 saturated carbocycles. The Labute approximate surface area is 261 Å². The molecule has 0 aliphatic carbocycles. The largest absolute Gasteiger partial charge is 0.424 e. The summed E-state index contributed by atoms with van der Waals surface area (Å²) in [6.07, 6.45) is 5.43. The molecule has 0 spiro atoms. The number of hydrogen-bond donors (Lipinski definition) is 1. The van der Waals surface area contributed by atoms with E-state index in [0.717, 1.165) is 28.1 Å². The first-order valence-corrected chi connectivity index (χ1v) is 14.2. The van der Waals surface area contributed by atoms with E-state index in [1.54, 1.807) is 52.0 Å². The standard InChI is InChI=1S/C31H26N12O3/c1-19(2)43-18-28(38-41-43)22-8-14-25(15-9-22)46-31-34-29(44-23-10-4-20(5-11-23)26-16-32-39-36-26)33-30(35-31)45-24-12-6-21(7-13-24)27-17-42(3)40-37-27/h4-19H,1-3H3,(H,32,36,39). The number of nitrogens with zero attached hydrogens (tertiary/aromatic N) is 11. The minimum Gasteiger partial charge on any atom is -0.424 e. The monoisotopic (exact) mass is 614 g/mol. The van der Waals surface area contributed by atoms with Crippen molar-refractivity contribution >= 4 is 0 Å². The van der Waals surface area contributed by atoms with Crippen molar-refractivity contribution in [3.63, 3.8) is 0 Å². The van der Waals surface area contributed by atoms with Gasteiger partial charge < -0.3 is 14.2 Å². The topological polar surface area (TPSA) is 169 Å². The summed E-state index contributed by atoms with van der Waals surface area (Å²) in [6, 6.07) is 22.1. The molecule has 3 aromatic carbocycles. The molecule has 7 aromatic rings. The number of nitrogens with one attached hydrogen (secondary N) is 1. The van der Waals surface area contributed by atoms with Crippen LogP contribution in [-0.2, 0) is 7.05 Å². The fourth-order valence-corrected chi connectivity index (χ4v) is 4.34. The van der Waals surface area contributed by atoms with Crippen molar-refractivity contribution in [2.45, 2.75) is 19.9 Å². The zero-order chi connectivity index (χ0) is 31.5. The molecule has 15 nitrogen and oxygen atoms in total. The Morgan fingerprint density at radius 1 is 0.565 bits per heavy atom. The van der Waals surface area contributed by atoms with Crippen LogP contribution in [0.15, 0.2) is 91.4 Å². The highest BCUT2D eigenvalue weighted by Gasteiger charge is 2.15. The average molecular weight is 615 g/mol. The van der Waals surface area contributed by atoms with Gasteiger partial charge in [-0.15, -0.1) is 30.2 Å². The number of rotatable bonds is 10. The molecule has 7 rings (SSSR count). The SMILES string of the molecule is CC(C)n1cc(-c2ccc(Oc3nc(Oc4ccc(-c5c[nH]nn5)cc4)nc(Oc4ccc(-c5cn(C)nn5)cc4)n3)cc2)nn1. The fourth-order valence-electron chi connectivity index (χ4n) is 4.34. The number of H-pyrrole nitrogens is 1. The minimum atomic E-state index is -0.0210. The van der Waals surface area contributed by atoms with Gasteiger partial charge >= 0.3 is 18.0 Å². The number of aromatic nitrogens is 12. The number of aryl methyl sites for hydroxylation is 1. The molecular formula is C31H26N12O3. The molecule has 0 radical (unpaired) electrons. The predicted octanol–water partition coefficient (Wildman–Crippen LogP) is 5.67. The second kappa shape index (κ2) is 12.2. The van der Waals surface area contributed by atoms with Gasteiger partial charge in [0.05, 0.1) is 12.4 Å². The van der Waals surface area contributed by atoms with Gasteiger partial charge in [0.1, 0.15) is 34.3 Å². The molecule has 4 heterocycles. The smallest absolute Gasteiger partial charge is 0.331 e. The maximum atomic E-state index is 6.02. The molecule has 4 aromatic heterocycles.